The molecule has 94 valence electrons. The van der Waals surface area contributed by atoms with Crippen molar-refractivity contribution < 1.29 is 4.79 Å². The highest BCUT2D eigenvalue weighted by Crippen LogP contribution is 2.18. The molecule has 0 saturated heterocycles. The third-order valence-corrected chi connectivity index (χ3v) is 3.30. The van der Waals surface area contributed by atoms with Gasteiger partial charge >= 0.3 is 0 Å². The molecule has 1 aromatic carbocycles. The van der Waals surface area contributed by atoms with Crippen LogP contribution in [-0.4, -0.2) is 29.3 Å². The molecule has 0 atom stereocenters. The molecule has 4 heteroatoms. The van der Waals surface area contributed by atoms with Crippen LogP contribution in [0, 0.1) is 6.92 Å². The van der Waals surface area contributed by atoms with Crippen molar-refractivity contribution in [3.63, 3.8) is 0 Å². The van der Waals surface area contributed by atoms with Gasteiger partial charge in [0.05, 0.1) is 0 Å². The fourth-order valence-corrected chi connectivity index (χ4v) is 2.21. The van der Waals surface area contributed by atoms with E-state index in [0.717, 1.165) is 15.6 Å². The van der Waals surface area contributed by atoms with Crippen LogP contribution in [0.5, 0.6) is 0 Å². The van der Waals surface area contributed by atoms with Crippen LogP contribution in [0.2, 0.25) is 0 Å². The average molecular weight is 319 g/mol. The van der Waals surface area contributed by atoms with E-state index >= 15 is 0 Å². The molecule has 0 aliphatic carbocycles. The summed E-state index contributed by atoms with van der Waals surface area (Å²) >= 11 is 9.13. The number of halogens is 2. The molecule has 0 aliphatic heterocycles. The first-order valence-corrected chi connectivity index (χ1v) is 6.93. The number of carbonyl (C=O) groups is 1. The fraction of sp³-hybridized carbons (Fsp3) is 0.462. The van der Waals surface area contributed by atoms with Gasteiger partial charge in [0.2, 0.25) is 0 Å². The van der Waals surface area contributed by atoms with E-state index in [1.54, 1.807) is 4.90 Å². The van der Waals surface area contributed by atoms with Gasteiger partial charge in [-0.15, -0.1) is 11.6 Å². The fourth-order valence-electron chi connectivity index (χ4n) is 1.66. The maximum absolute atomic E-state index is 12.4. The van der Waals surface area contributed by atoms with Crippen molar-refractivity contribution in [2.24, 2.45) is 0 Å². The monoisotopic (exact) mass is 317 g/mol. The number of hydrogen-bond donors (Lipinski definition) is 0. The van der Waals surface area contributed by atoms with Crippen molar-refractivity contribution in [2.75, 3.05) is 12.4 Å². The summed E-state index contributed by atoms with van der Waals surface area (Å²) in [7, 11) is 0. The first kappa shape index (κ1) is 14.5. The second-order valence-electron chi connectivity index (χ2n) is 4.24. The molecule has 1 aromatic rings. The molecule has 1 rings (SSSR count). The number of aryl methyl sites for hydroxylation is 1. The van der Waals surface area contributed by atoms with Crippen LogP contribution in [0.15, 0.2) is 22.7 Å². The second-order valence-corrected chi connectivity index (χ2v) is 5.53. The molecule has 0 bridgehead atoms. The number of rotatable bonds is 4. The smallest absolute Gasteiger partial charge is 0.254 e. The van der Waals surface area contributed by atoms with Gasteiger partial charge in [0.1, 0.15) is 0 Å². The van der Waals surface area contributed by atoms with Gasteiger partial charge in [-0.25, -0.2) is 0 Å². The molecule has 0 N–H and O–H groups in total. The minimum absolute atomic E-state index is 0.0412. The zero-order valence-electron chi connectivity index (χ0n) is 10.3. The van der Waals surface area contributed by atoms with E-state index in [-0.39, 0.29) is 11.9 Å². The van der Waals surface area contributed by atoms with E-state index in [9.17, 15) is 4.79 Å². The molecule has 0 aromatic heterocycles. The minimum Gasteiger partial charge on any atom is -0.335 e. The van der Waals surface area contributed by atoms with Crippen LogP contribution in [-0.2, 0) is 0 Å². The Morgan fingerprint density at radius 3 is 2.65 bits per heavy atom. The summed E-state index contributed by atoms with van der Waals surface area (Å²) in [6, 6.07) is 5.89. The molecule has 2 nitrogen and oxygen atoms in total. The van der Waals surface area contributed by atoms with Crippen LogP contribution in [0.3, 0.4) is 0 Å². The van der Waals surface area contributed by atoms with Crippen LogP contribution >= 0.6 is 27.5 Å². The standard InChI is InChI=1S/C13H17BrClNO/c1-9(2)16(7-6-15)13(17)12-8-11(14)5-4-10(12)3/h4-5,8-9H,6-7H2,1-3H3. The van der Waals surface area contributed by atoms with Gasteiger partial charge in [0.25, 0.3) is 5.91 Å². The topological polar surface area (TPSA) is 20.3 Å². The van der Waals surface area contributed by atoms with Crippen LogP contribution in [0.25, 0.3) is 0 Å². The average Bonchev–Trinajstić information content (AvgIpc) is 2.28. The Morgan fingerprint density at radius 2 is 2.12 bits per heavy atom. The molecule has 17 heavy (non-hydrogen) atoms. The molecular formula is C13H17BrClNO. The number of benzene rings is 1. The van der Waals surface area contributed by atoms with Crippen LogP contribution in [0.1, 0.15) is 29.8 Å². The molecule has 0 radical (unpaired) electrons. The number of amides is 1. The van der Waals surface area contributed by atoms with E-state index in [1.807, 2.05) is 39.0 Å². The van der Waals surface area contributed by atoms with Crippen molar-refractivity contribution in [1.82, 2.24) is 4.90 Å². The highest BCUT2D eigenvalue weighted by Gasteiger charge is 2.19. The van der Waals surface area contributed by atoms with Gasteiger partial charge in [0, 0.05) is 28.5 Å². The summed E-state index contributed by atoms with van der Waals surface area (Å²) in [5.41, 5.74) is 1.72. The maximum atomic E-state index is 12.4. The Balaban J connectivity index is 3.04. The van der Waals surface area contributed by atoms with E-state index in [0.29, 0.717) is 12.4 Å². The zero-order valence-corrected chi connectivity index (χ0v) is 12.7. The quantitative estimate of drug-likeness (QED) is 0.772. The maximum Gasteiger partial charge on any atom is 0.254 e. The van der Waals surface area contributed by atoms with Gasteiger partial charge in [-0.1, -0.05) is 22.0 Å². The van der Waals surface area contributed by atoms with Gasteiger partial charge in [-0.05, 0) is 38.5 Å². The third kappa shape index (κ3) is 3.71. The highest BCUT2D eigenvalue weighted by molar-refractivity contribution is 9.10. The number of alkyl halides is 1. The van der Waals surface area contributed by atoms with Gasteiger partial charge < -0.3 is 4.90 Å². The predicted molar refractivity (Wildman–Crippen MR) is 75.8 cm³/mol. The summed E-state index contributed by atoms with van der Waals surface area (Å²) in [6.07, 6.45) is 0. The SMILES string of the molecule is Cc1ccc(Br)cc1C(=O)N(CCCl)C(C)C. The molecule has 0 heterocycles. The Morgan fingerprint density at radius 1 is 1.47 bits per heavy atom. The Kier molecular flexibility index (Phi) is 5.47. The molecule has 0 spiro atoms. The van der Waals surface area contributed by atoms with Gasteiger partial charge in [0.15, 0.2) is 0 Å². The van der Waals surface area contributed by atoms with Crippen molar-refractivity contribution in [2.45, 2.75) is 26.8 Å². The molecule has 0 fully saturated rings. The Hall–Kier alpha value is -0.540. The summed E-state index contributed by atoms with van der Waals surface area (Å²) in [4.78, 5) is 14.2. The minimum atomic E-state index is 0.0412. The van der Waals surface area contributed by atoms with E-state index < -0.39 is 0 Å². The van der Waals surface area contributed by atoms with Crippen LogP contribution in [0.4, 0.5) is 0 Å². The first-order valence-electron chi connectivity index (χ1n) is 5.60. The second kappa shape index (κ2) is 6.41. The van der Waals surface area contributed by atoms with Gasteiger partial charge in [-0.3, -0.25) is 4.79 Å². The Bertz CT molecular complexity index is 406. The summed E-state index contributed by atoms with van der Waals surface area (Å²) in [6.45, 7) is 6.51. The lowest BCUT2D eigenvalue weighted by Gasteiger charge is -2.26. The summed E-state index contributed by atoms with van der Waals surface area (Å²) in [5.74, 6) is 0.496. The lowest BCUT2D eigenvalue weighted by atomic mass is 10.1. The third-order valence-electron chi connectivity index (χ3n) is 2.64. The van der Waals surface area contributed by atoms with Crippen molar-refractivity contribution >= 4 is 33.4 Å². The van der Waals surface area contributed by atoms with Crippen molar-refractivity contribution in [3.8, 4) is 0 Å². The summed E-state index contributed by atoms with van der Waals surface area (Å²) in [5, 5.41) is 0. The van der Waals surface area contributed by atoms with E-state index in [2.05, 4.69) is 15.9 Å². The normalized spacial score (nSPS) is 10.7. The van der Waals surface area contributed by atoms with Crippen molar-refractivity contribution in [1.29, 1.82) is 0 Å². The van der Waals surface area contributed by atoms with E-state index in [1.165, 1.54) is 0 Å². The van der Waals surface area contributed by atoms with Crippen LogP contribution < -0.4 is 0 Å². The Labute approximate surface area is 116 Å². The number of nitrogens with zero attached hydrogens (tertiary/aromatic N) is 1. The lowest BCUT2D eigenvalue weighted by molar-refractivity contribution is 0.0717. The summed E-state index contributed by atoms with van der Waals surface area (Å²) < 4.78 is 0.918. The molecule has 0 aliphatic rings. The largest absolute Gasteiger partial charge is 0.335 e. The molecule has 0 saturated carbocycles. The first-order chi connectivity index (χ1) is 7.97. The van der Waals surface area contributed by atoms with Crippen molar-refractivity contribution in [3.05, 3.63) is 33.8 Å². The zero-order chi connectivity index (χ0) is 13.0. The number of carbonyl (C=O) groups excluding carboxylic acids is 1. The van der Waals surface area contributed by atoms with Gasteiger partial charge in [-0.2, -0.15) is 0 Å². The molecular weight excluding hydrogens is 302 g/mol. The molecule has 1 amide bonds. The predicted octanol–water partition coefficient (Wildman–Crippen LogP) is 3.85. The van der Waals surface area contributed by atoms with E-state index in [4.69, 9.17) is 11.6 Å². The molecule has 0 unspecified atom stereocenters. The number of hydrogen-bond acceptors (Lipinski definition) is 1. The lowest BCUT2D eigenvalue weighted by Crippen LogP contribution is -2.38. The highest BCUT2D eigenvalue weighted by atomic mass is 79.9.